The van der Waals surface area contributed by atoms with E-state index in [0.29, 0.717) is 0 Å². The second kappa shape index (κ2) is 7.93. The molecule has 9 heteroatoms. The molecule has 0 unspecified atom stereocenters. The summed E-state index contributed by atoms with van der Waals surface area (Å²) in [5.41, 5.74) is 0. The molecule has 112 valence electrons. The minimum atomic E-state index is -4.94. The predicted octanol–water partition coefficient (Wildman–Crippen LogP) is -4.02. The largest absolute Gasteiger partial charge is 0.364 e. The summed E-state index contributed by atoms with van der Waals surface area (Å²) < 4.78 is 36.3. The quantitative estimate of drug-likeness (QED) is 0.489. The van der Waals surface area contributed by atoms with Gasteiger partial charge in [0.05, 0.1) is 11.8 Å². The number of halogens is 1. The molecule has 0 aliphatic carbocycles. The van der Waals surface area contributed by atoms with Gasteiger partial charge in [0.25, 0.3) is 0 Å². The highest BCUT2D eigenvalue weighted by Crippen LogP contribution is 2.14. The van der Waals surface area contributed by atoms with Gasteiger partial charge >= 0.3 is 0 Å². The summed E-state index contributed by atoms with van der Waals surface area (Å²) in [5.74, 6) is 2.44. The first-order valence-electron chi connectivity index (χ1n) is 5.41. The fraction of sp³-hybridized carbons (Fsp3) is 0.700. The van der Waals surface area contributed by atoms with Crippen molar-refractivity contribution in [1.29, 1.82) is 0 Å². The van der Waals surface area contributed by atoms with E-state index in [0.717, 1.165) is 6.54 Å². The topological polar surface area (TPSA) is 102 Å². The molecule has 1 heterocycles. The van der Waals surface area contributed by atoms with E-state index in [4.69, 9.17) is 18.6 Å². The summed E-state index contributed by atoms with van der Waals surface area (Å²) in [6.45, 7) is 1.16. The highest BCUT2D eigenvalue weighted by atomic mass is 35.7. The summed E-state index contributed by atoms with van der Waals surface area (Å²) in [4.78, 5) is 4.28. The van der Waals surface area contributed by atoms with Crippen LogP contribution in [0.1, 0.15) is 0 Å². The Morgan fingerprint density at radius 2 is 1.58 bits per heavy atom. The lowest BCUT2D eigenvalue weighted by molar-refractivity contribution is -2.00. The van der Waals surface area contributed by atoms with Gasteiger partial charge < -0.3 is 9.80 Å². The lowest BCUT2D eigenvalue weighted by atomic mass is 10.5. The van der Waals surface area contributed by atoms with Crippen LogP contribution >= 0.6 is 11.8 Å². The molecule has 0 aromatic rings. The first-order valence-corrected chi connectivity index (χ1v) is 7.63. The summed E-state index contributed by atoms with van der Waals surface area (Å²) in [7, 11) is 5.50. The molecule has 7 nitrogen and oxygen atoms in total. The first kappa shape index (κ1) is 18.5. The van der Waals surface area contributed by atoms with Crippen molar-refractivity contribution in [3.8, 4) is 0 Å². The molecule has 1 aliphatic rings. The molecule has 0 bridgehead atoms. The predicted molar refractivity (Wildman–Crippen MR) is 64.0 cm³/mol. The van der Waals surface area contributed by atoms with Gasteiger partial charge in [0, 0.05) is 28.2 Å². The Morgan fingerprint density at radius 1 is 1.16 bits per heavy atom. The van der Waals surface area contributed by atoms with Crippen LogP contribution in [0.4, 0.5) is 0 Å². The van der Waals surface area contributed by atoms with Crippen molar-refractivity contribution in [3.05, 3.63) is 11.9 Å². The monoisotopic (exact) mass is 313 g/mol. The van der Waals surface area contributed by atoms with Gasteiger partial charge in [-0.3, -0.25) is 0 Å². The normalized spacial score (nSPS) is 14.8. The van der Waals surface area contributed by atoms with Crippen molar-refractivity contribution >= 4 is 16.8 Å². The fourth-order valence-corrected chi connectivity index (χ4v) is 2.50. The van der Waals surface area contributed by atoms with Crippen LogP contribution in [0.15, 0.2) is 11.9 Å². The third-order valence-electron chi connectivity index (χ3n) is 2.22. The van der Waals surface area contributed by atoms with E-state index in [1.165, 1.54) is 16.6 Å². The molecule has 0 atom stereocenters. The SMILES string of the molecule is CN(C)C(=CC1=[N+](C)CCS1)N(C)C.[O-][Cl+3]([O-])([O-])[O-]. The summed E-state index contributed by atoms with van der Waals surface area (Å²) >= 11 is 1.93. The second-order valence-electron chi connectivity index (χ2n) is 4.28. The molecular formula is C10H20ClN3O4S. The molecule has 1 rings (SSSR count). The molecule has 19 heavy (non-hydrogen) atoms. The van der Waals surface area contributed by atoms with Gasteiger partial charge in [-0.05, 0) is 0 Å². The smallest absolute Gasteiger partial charge is 0.238 e. The van der Waals surface area contributed by atoms with Crippen molar-refractivity contribution in [1.82, 2.24) is 9.80 Å². The maximum atomic E-state index is 8.49. The summed E-state index contributed by atoms with van der Waals surface area (Å²) in [6, 6.07) is 0. The van der Waals surface area contributed by atoms with Crippen LogP contribution in [0.3, 0.4) is 0 Å². The number of thioether (sulfide) groups is 1. The van der Waals surface area contributed by atoms with Crippen LogP contribution in [0.2, 0.25) is 0 Å². The zero-order valence-corrected chi connectivity index (χ0v) is 13.3. The minimum absolute atomic E-state index is 1.16. The van der Waals surface area contributed by atoms with Gasteiger partial charge in [0.1, 0.15) is 12.9 Å². The third kappa shape index (κ3) is 9.09. The molecule has 0 fully saturated rings. The van der Waals surface area contributed by atoms with Crippen molar-refractivity contribution < 1.29 is 33.5 Å². The highest BCUT2D eigenvalue weighted by molar-refractivity contribution is 8.14. The van der Waals surface area contributed by atoms with Crippen LogP contribution < -0.4 is 18.6 Å². The van der Waals surface area contributed by atoms with E-state index >= 15 is 0 Å². The van der Waals surface area contributed by atoms with Gasteiger partial charge in [-0.15, -0.1) is 10.2 Å². The maximum absolute atomic E-state index is 8.49. The van der Waals surface area contributed by atoms with Gasteiger partial charge in [-0.1, -0.05) is 11.8 Å². The van der Waals surface area contributed by atoms with E-state index in [9.17, 15) is 0 Å². The third-order valence-corrected chi connectivity index (χ3v) is 3.33. The van der Waals surface area contributed by atoms with Crippen LogP contribution in [-0.4, -0.2) is 67.0 Å². The molecule has 1 aliphatic heterocycles. The lowest BCUT2D eigenvalue weighted by Gasteiger charge is -2.23. The Morgan fingerprint density at radius 3 is 1.84 bits per heavy atom. The van der Waals surface area contributed by atoms with Crippen molar-refractivity contribution in [2.75, 3.05) is 47.5 Å². The Hall–Kier alpha value is -0.510. The van der Waals surface area contributed by atoms with Crippen LogP contribution in [0.5, 0.6) is 0 Å². The van der Waals surface area contributed by atoms with Gasteiger partial charge in [0.2, 0.25) is 5.04 Å². The molecule has 0 amide bonds. The number of hydrogen-bond acceptors (Lipinski definition) is 7. The van der Waals surface area contributed by atoms with Gasteiger partial charge in [-0.25, -0.2) is 23.2 Å². The number of nitrogens with zero attached hydrogens (tertiary/aromatic N) is 3. The summed E-state index contributed by atoms with van der Waals surface area (Å²) in [5, 5.41) is 1.36. The Labute approximate surface area is 120 Å². The standard InChI is InChI=1S/C10H20N3S.ClHO4/c1-11(2)9(12(3)4)8-10-13(5)6-7-14-10;2-1(3,4)5/h8H,6-7H2,1-5H3;(H,2,3,4,5)/q+1;/p-1. The molecular weight excluding hydrogens is 294 g/mol. The molecule has 0 saturated carbocycles. The van der Waals surface area contributed by atoms with Gasteiger partial charge in [0.15, 0.2) is 6.54 Å². The van der Waals surface area contributed by atoms with Crippen LogP contribution in [0.25, 0.3) is 0 Å². The summed E-state index contributed by atoms with van der Waals surface area (Å²) in [6.07, 6.45) is 2.25. The number of rotatable bonds is 3. The van der Waals surface area contributed by atoms with Crippen LogP contribution in [-0.2, 0) is 0 Å². The average molecular weight is 314 g/mol. The molecule has 0 aromatic carbocycles. The molecule has 0 aromatic heterocycles. The van der Waals surface area contributed by atoms with Gasteiger partial charge in [-0.2, -0.15) is 0 Å². The minimum Gasteiger partial charge on any atom is -0.364 e. The molecule has 0 saturated heterocycles. The van der Waals surface area contributed by atoms with Crippen molar-refractivity contribution in [3.63, 3.8) is 0 Å². The average Bonchev–Trinajstić information content (AvgIpc) is 2.56. The lowest BCUT2D eigenvalue weighted by Crippen LogP contribution is -2.68. The zero-order valence-electron chi connectivity index (χ0n) is 11.8. The van der Waals surface area contributed by atoms with E-state index in [-0.39, 0.29) is 0 Å². The fourth-order valence-electron chi connectivity index (χ4n) is 1.43. The number of hydrogen-bond donors (Lipinski definition) is 0. The maximum Gasteiger partial charge on any atom is 0.238 e. The Kier molecular flexibility index (Phi) is 7.72. The van der Waals surface area contributed by atoms with E-state index in [1.807, 2.05) is 11.8 Å². The Balaban J connectivity index is 0.000000555. The van der Waals surface area contributed by atoms with E-state index in [2.05, 4.69) is 55.7 Å². The molecule has 0 radical (unpaired) electrons. The molecule has 0 N–H and O–H groups in total. The highest BCUT2D eigenvalue weighted by Gasteiger charge is 2.19. The van der Waals surface area contributed by atoms with Crippen LogP contribution in [0, 0.1) is 10.2 Å². The van der Waals surface area contributed by atoms with E-state index in [1.54, 1.807) is 0 Å². The zero-order chi connectivity index (χ0) is 15.2. The Bertz CT molecular complexity index is 337. The molecule has 0 spiro atoms. The van der Waals surface area contributed by atoms with Crippen molar-refractivity contribution in [2.45, 2.75) is 0 Å². The second-order valence-corrected chi connectivity index (χ2v) is 6.15. The van der Waals surface area contributed by atoms with Crippen molar-refractivity contribution in [2.24, 2.45) is 0 Å². The van der Waals surface area contributed by atoms with E-state index < -0.39 is 10.2 Å². The first-order chi connectivity index (χ1) is 8.52.